The summed E-state index contributed by atoms with van der Waals surface area (Å²) in [5.74, 6) is 0. The van der Waals surface area contributed by atoms with Crippen LogP contribution in [0.15, 0.2) is 18.2 Å². The number of hydrogen-bond donors (Lipinski definition) is 0. The number of halogens is 3. The normalized spacial score (nSPS) is 22.4. The van der Waals surface area contributed by atoms with Crippen LogP contribution in [0.25, 0.3) is 0 Å². The molecule has 21 heavy (non-hydrogen) atoms. The minimum Gasteiger partial charge on any atom is -0.377 e. The van der Waals surface area contributed by atoms with Crippen molar-refractivity contribution in [1.82, 2.24) is 0 Å². The average molecular weight is 300 g/mol. The molecule has 1 aliphatic rings. The van der Waals surface area contributed by atoms with Crippen molar-refractivity contribution in [2.45, 2.75) is 18.4 Å². The van der Waals surface area contributed by atoms with Gasteiger partial charge in [-0.2, -0.15) is 18.4 Å². The molecule has 1 aliphatic heterocycles. The summed E-state index contributed by atoms with van der Waals surface area (Å²) in [6, 6.07) is 5.17. The lowest BCUT2D eigenvalue weighted by Crippen LogP contribution is -2.27. The molecule has 1 heterocycles. The number of benzene rings is 1. The van der Waals surface area contributed by atoms with Crippen molar-refractivity contribution in [3.63, 3.8) is 0 Å². The molecule has 7 heteroatoms. The molecule has 2 atom stereocenters. The number of nitriles is 1. The Morgan fingerprint density at radius 1 is 1.19 bits per heavy atom. The van der Waals surface area contributed by atoms with Gasteiger partial charge >= 0.3 is 6.18 Å². The molecule has 4 nitrogen and oxygen atoms in total. The van der Waals surface area contributed by atoms with Crippen molar-refractivity contribution in [1.29, 1.82) is 5.26 Å². The Morgan fingerprint density at radius 3 is 2.19 bits per heavy atom. The van der Waals surface area contributed by atoms with Gasteiger partial charge in [0.05, 0.1) is 17.2 Å². The predicted octanol–water partition coefficient (Wildman–Crippen LogP) is 2.43. The maximum Gasteiger partial charge on any atom is 0.417 e. The van der Waals surface area contributed by atoms with Crippen molar-refractivity contribution < 1.29 is 22.6 Å². The monoisotopic (exact) mass is 300 g/mol. The van der Waals surface area contributed by atoms with Crippen LogP contribution in [-0.4, -0.2) is 39.5 Å². The zero-order chi connectivity index (χ0) is 15.6. The third-order valence-corrected chi connectivity index (χ3v) is 3.61. The first-order chi connectivity index (χ1) is 9.90. The van der Waals surface area contributed by atoms with E-state index in [9.17, 15) is 13.2 Å². The molecule has 2 rings (SSSR count). The van der Waals surface area contributed by atoms with Crippen LogP contribution in [0, 0.1) is 11.3 Å². The standard InChI is InChI=1S/C14H15F3N2O2/c1-20-12-7-19(8-13(12)21-2)10-3-4-11(14(15,16)17)9(5-10)6-18/h3-5,12-13H,7-8H2,1-2H3. The Morgan fingerprint density at radius 2 is 1.76 bits per heavy atom. The molecule has 0 spiro atoms. The molecule has 1 fully saturated rings. The molecule has 2 unspecified atom stereocenters. The molecule has 1 aromatic carbocycles. The van der Waals surface area contributed by atoms with E-state index in [1.807, 2.05) is 4.90 Å². The van der Waals surface area contributed by atoms with Gasteiger partial charge in [-0.15, -0.1) is 0 Å². The fraction of sp³-hybridized carbons (Fsp3) is 0.500. The number of rotatable bonds is 3. The van der Waals surface area contributed by atoms with Gasteiger partial charge in [0.25, 0.3) is 0 Å². The lowest BCUT2D eigenvalue weighted by Gasteiger charge is -2.19. The number of alkyl halides is 3. The van der Waals surface area contributed by atoms with Crippen LogP contribution in [0.5, 0.6) is 0 Å². The molecule has 0 bridgehead atoms. The molecule has 0 N–H and O–H groups in total. The molecule has 0 radical (unpaired) electrons. The van der Waals surface area contributed by atoms with Crippen LogP contribution >= 0.6 is 0 Å². The maximum absolute atomic E-state index is 12.8. The Balaban J connectivity index is 2.29. The van der Waals surface area contributed by atoms with Gasteiger partial charge in [-0.05, 0) is 18.2 Å². The number of hydrogen-bond acceptors (Lipinski definition) is 4. The number of anilines is 1. The van der Waals surface area contributed by atoms with E-state index in [4.69, 9.17) is 14.7 Å². The van der Waals surface area contributed by atoms with Gasteiger partial charge in [-0.1, -0.05) is 0 Å². The quantitative estimate of drug-likeness (QED) is 0.860. The van der Waals surface area contributed by atoms with Crippen molar-refractivity contribution in [2.75, 3.05) is 32.2 Å². The summed E-state index contributed by atoms with van der Waals surface area (Å²) in [6.45, 7) is 1.01. The fourth-order valence-corrected chi connectivity index (χ4v) is 2.48. The lowest BCUT2D eigenvalue weighted by atomic mass is 10.1. The van der Waals surface area contributed by atoms with Crippen LogP contribution in [0.1, 0.15) is 11.1 Å². The van der Waals surface area contributed by atoms with Gasteiger partial charge in [-0.3, -0.25) is 0 Å². The summed E-state index contributed by atoms with van der Waals surface area (Å²) >= 11 is 0. The van der Waals surface area contributed by atoms with Crippen molar-refractivity contribution in [3.8, 4) is 6.07 Å². The number of nitrogens with zero attached hydrogens (tertiary/aromatic N) is 2. The van der Waals surface area contributed by atoms with Crippen molar-refractivity contribution in [2.24, 2.45) is 0 Å². The van der Waals surface area contributed by atoms with E-state index >= 15 is 0 Å². The SMILES string of the molecule is COC1CN(c2ccc(C(F)(F)F)c(C#N)c2)CC1OC. The summed E-state index contributed by atoms with van der Waals surface area (Å²) in [7, 11) is 3.13. The van der Waals surface area contributed by atoms with Gasteiger partial charge in [0, 0.05) is 33.0 Å². The molecular weight excluding hydrogens is 285 g/mol. The molecule has 0 aliphatic carbocycles. The Hall–Kier alpha value is -1.78. The van der Waals surface area contributed by atoms with E-state index in [2.05, 4.69) is 0 Å². The fourth-order valence-electron chi connectivity index (χ4n) is 2.48. The van der Waals surface area contributed by atoms with Gasteiger partial charge < -0.3 is 14.4 Å². The van der Waals surface area contributed by atoms with E-state index in [0.717, 1.165) is 6.07 Å². The highest BCUT2D eigenvalue weighted by Gasteiger charge is 2.36. The highest BCUT2D eigenvalue weighted by Crippen LogP contribution is 2.34. The minimum atomic E-state index is -4.53. The topological polar surface area (TPSA) is 45.5 Å². The van der Waals surface area contributed by atoms with Gasteiger partial charge in [0.2, 0.25) is 0 Å². The summed E-state index contributed by atoms with van der Waals surface area (Å²) < 4.78 is 48.9. The molecule has 1 saturated heterocycles. The zero-order valence-electron chi connectivity index (χ0n) is 11.6. The number of methoxy groups -OCH3 is 2. The minimum absolute atomic E-state index is 0.150. The van der Waals surface area contributed by atoms with Gasteiger partial charge in [-0.25, -0.2) is 0 Å². The molecular formula is C14H15F3N2O2. The Labute approximate surface area is 120 Å². The first-order valence-electron chi connectivity index (χ1n) is 6.32. The molecule has 114 valence electrons. The first kappa shape index (κ1) is 15.6. The van der Waals surface area contributed by atoms with E-state index < -0.39 is 11.7 Å². The summed E-state index contributed by atoms with van der Waals surface area (Å²) in [5, 5.41) is 8.93. The second kappa shape index (κ2) is 5.92. The molecule has 1 aromatic rings. The van der Waals surface area contributed by atoms with E-state index in [-0.39, 0.29) is 17.8 Å². The third-order valence-electron chi connectivity index (χ3n) is 3.61. The van der Waals surface area contributed by atoms with Crippen LogP contribution in [0.3, 0.4) is 0 Å². The average Bonchev–Trinajstić information content (AvgIpc) is 2.88. The van der Waals surface area contributed by atoms with Gasteiger partial charge in [0.15, 0.2) is 0 Å². The zero-order valence-corrected chi connectivity index (χ0v) is 11.6. The number of ether oxygens (including phenoxy) is 2. The van der Waals surface area contributed by atoms with E-state index in [1.165, 1.54) is 12.1 Å². The summed E-state index contributed by atoms with van der Waals surface area (Å²) in [6.07, 6.45) is -4.83. The van der Waals surface area contributed by atoms with E-state index in [0.29, 0.717) is 18.8 Å². The van der Waals surface area contributed by atoms with Crippen molar-refractivity contribution in [3.05, 3.63) is 29.3 Å². The lowest BCUT2D eigenvalue weighted by molar-refractivity contribution is -0.137. The summed E-state index contributed by atoms with van der Waals surface area (Å²) in [4.78, 5) is 1.85. The first-order valence-corrected chi connectivity index (χ1v) is 6.32. The summed E-state index contributed by atoms with van der Waals surface area (Å²) in [5.41, 5.74) is -0.740. The molecule has 0 aromatic heterocycles. The molecule has 0 amide bonds. The van der Waals surface area contributed by atoms with Gasteiger partial charge in [0.1, 0.15) is 12.2 Å². The second-order valence-electron chi connectivity index (χ2n) is 4.79. The largest absolute Gasteiger partial charge is 0.417 e. The van der Waals surface area contributed by atoms with Crippen molar-refractivity contribution >= 4 is 5.69 Å². The van der Waals surface area contributed by atoms with Crippen LogP contribution in [0.2, 0.25) is 0 Å². The van der Waals surface area contributed by atoms with E-state index in [1.54, 1.807) is 20.3 Å². The second-order valence-corrected chi connectivity index (χ2v) is 4.79. The highest BCUT2D eigenvalue weighted by molar-refractivity contribution is 5.56. The maximum atomic E-state index is 12.8. The smallest absolute Gasteiger partial charge is 0.377 e. The Bertz CT molecular complexity index is 542. The van der Waals surface area contributed by atoms with Crippen LogP contribution < -0.4 is 4.90 Å². The molecule has 0 saturated carbocycles. The third kappa shape index (κ3) is 3.12. The van der Waals surface area contributed by atoms with Crippen LogP contribution in [-0.2, 0) is 15.7 Å². The van der Waals surface area contributed by atoms with Crippen LogP contribution in [0.4, 0.5) is 18.9 Å². The highest BCUT2D eigenvalue weighted by atomic mass is 19.4. The predicted molar refractivity (Wildman–Crippen MR) is 70.0 cm³/mol. The Kier molecular flexibility index (Phi) is 4.40.